The highest BCUT2D eigenvalue weighted by atomic mass is 14.9. The number of hydrogen-bond donors (Lipinski definition) is 1. The summed E-state index contributed by atoms with van der Waals surface area (Å²) in [5.41, 5.74) is 6.05. The zero-order valence-electron chi connectivity index (χ0n) is 10.8. The highest BCUT2D eigenvalue weighted by Crippen LogP contribution is 2.16. The number of imidazole rings is 1. The maximum absolute atomic E-state index is 4.44. The molecule has 0 saturated carbocycles. The summed E-state index contributed by atoms with van der Waals surface area (Å²) in [4.78, 5) is 7.70. The van der Waals surface area contributed by atoms with Crippen LogP contribution in [-0.2, 0) is 0 Å². The molecule has 88 valence electrons. The second-order valence-electron chi connectivity index (χ2n) is 4.47. The Kier molecular flexibility index (Phi) is 3.14. The van der Waals surface area contributed by atoms with Crippen molar-refractivity contribution >= 4 is 12.2 Å². The molecule has 1 N–H and O–H groups in total. The van der Waals surface area contributed by atoms with Crippen LogP contribution in [0.5, 0.6) is 0 Å². The van der Waals surface area contributed by atoms with Gasteiger partial charge in [-0.25, -0.2) is 4.98 Å². The normalized spacial score (nSPS) is 11.3. The topological polar surface area (TPSA) is 28.7 Å². The molecule has 0 aliphatic carbocycles. The van der Waals surface area contributed by atoms with Gasteiger partial charge in [-0.05, 0) is 50.5 Å². The average Bonchev–Trinajstić information content (AvgIpc) is 2.58. The summed E-state index contributed by atoms with van der Waals surface area (Å²) in [5.74, 6) is 0.919. The molecule has 1 heterocycles. The van der Waals surface area contributed by atoms with Crippen molar-refractivity contribution in [3.05, 3.63) is 52.1 Å². The van der Waals surface area contributed by atoms with Gasteiger partial charge >= 0.3 is 0 Å². The van der Waals surface area contributed by atoms with Crippen LogP contribution in [0.4, 0.5) is 0 Å². The third-order valence-corrected chi connectivity index (χ3v) is 3.10. The monoisotopic (exact) mass is 226 g/mol. The molecule has 0 aliphatic heterocycles. The van der Waals surface area contributed by atoms with Gasteiger partial charge in [-0.1, -0.05) is 24.3 Å². The number of H-pyrrole nitrogens is 1. The van der Waals surface area contributed by atoms with Crippen LogP contribution < -0.4 is 0 Å². The van der Waals surface area contributed by atoms with Crippen molar-refractivity contribution in [1.82, 2.24) is 9.97 Å². The van der Waals surface area contributed by atoms with Gasteiger partial charge < -0.3 is 4.98 Å². The van der Waals surface area contributed by atoms with E-state index in [1.54, 1.807) is 0 Å². The van der Waals surface area contributed by atoms with Crippen molar-refractivity contribution in [2.24, 2.45) is 0 Å². The molecule has 17 heavy (non-hydrogen) atoms. The van der Waals surface area contributed by atoms with Gasteiger partial charge in [-0.3, -0.25) is 0 Å². The Labute approximate surface area is 102 Å². The number of nitrogens with one attached hydrogen (secondary N) is 1. The van der Waals surface area contributed by atoms with E-state index in [1.165, 1.54) is 16.7 Å². The molecule has 1 aromatic carbocycles. The van der Waals surface area contributed by atoms with Crippen LogP contribution >= 0.6 is 0 Å². The Hall–Kier alpha value is -1.83. The summed E-state index contributed by atoms with van der Waals surface area (Å²) in [6, 6.07) is 6.35. The van der Waals surface area contributed by atoms with Crippen molar-refractivity contribution < 1.29 is 0 Å². The van der Waals surface area contributed by atoms with Crippen LogP contribution in [0.25, 0.3) is 12.2 Å². The van der Waals surface area contributed by atoms with Gasteiger partial charge in [0.25, 0.3) is 0 Å². The number of aryl methyl sites for hydroxylation is 4. The molecule has 0 unspecified atom stereocenters. The standard InChI is InChI=1S/C15H18N2/c1-10-6-5-7-11(2)14(10)8-9-15-16-12(3)13(4)17-15/h5-9H,1-4H3,(H,16,17)/b9-8+. The molecule has 2 heteroatoms. The molecular weight excluding hydrogens is 208 g/mol. The molecule has 0 amide bonds. The minimum Gasteiger partial charge on any atom is -0.342 e. The van der Waals surface area contributed by atoms with Crippen molar-refractivity contribution in [1.29, 1.82) is 0 Å². The fourth-order valence-electron chi connectivity index (χ4n) is 1.91. The minimum atomic E-state index is 0.919. The van der Waals surface area contributed by atoms with Crippen molar-refractivity contribution in [3.8, 4) is 0 Å². The fraction of sp³-hybridized carbons (Fsp3) is 0.267. The molecule has 1 aromatic heterocycles. The number of rotatable bonds is 2. The van der Waals surface area contributed by atoms with E-state index < -0.39 is 0 Å². The highest BCUT2D eigenvalue weighted by Gasteiger charge is 2.00. The van der Waals surface area contributed by atoms with Gasteiger partial charge in [0, 0.05) is 5.69 Å². The van der Waals surface area contributed by atoms with Crippen LogP contribution in [0, 0.1) is 27.7 Å². The van der Waals surface area contributed by atoms with Crippen LogP contribution in [0.2, 0.25) is 0 Å². The largest absolute Gasteiger partial charge is 0.342 e. The predicted octanol–water partition coefficient (Wildman–Crippen LogP) is 3.81. The van der Waals surface area contributed by atoms with Gasteiger partial charge in [0.05, 0.1) is 5.69 Å². The second kappa shape index (κ2) is 4.58. The smallest absolute Gasteiger partial charge is 0.130 e. The van der Waals surface area contributed by atoms with E-state index in [-0.39, 0.29) is 0 Å². The second-order valence-corrected chi connectivity index (χ2v) is 4.47. The molecule has 0 fully saturated rings. The summed E-state index contributed by atoms with van der Waals surface area (Å²) < 4.78 is 0. The van der Waals surface area contributed by atoms with E-state index in [9.17, 15) is 0 Å². The Morgan fingerprint density at radius 2 is 1.65 bits per heavy atom. The SMILES string of the molecule is Cc1cccc(C)c1/C=C/c1nc(C)c(C)[nH]1. The molecule has 0 spiro atoms. The third-order valence-electron chi connectivity index (χ3n) is 3.10. The highest BCUT2D eigenvalue weighted by molar-refractivity contribution is 5.70. The molecular formula is C15H18N2. The van der Waals surface area contributed by atoms with Crippen LogP contribution in [0.1, 0.15) is 33.9 Å². The molecule has 2 aromatic rings. The number of aromatic nitrogens is 2. The first-order chi connectivity index (χ1) is 8.08. The molecule has 0 atom stereocenters. The maximum Gasteiger partial charge on any atom is 0.130 e. The summed E-state index contributed by atoms with van der Waals surface area (Å²) in [5, 5.41) is 0. The van der Waals surface area contributed by atoms with Gasteiger partial charge in [-0.15, -0.1) is 0 Å². The van der Waals surface area contributed by atoms with E-state index in [2.05, 4.69) is 48.1 Å². The van der Waals surface area contributed by atoms with E-state index >= 15 is 0 Å². The summed E-state index contributed by atoms with van der Waals surface area (Å²) in [7, 11) is 0. The van der Waals surface area contributed by atoms with Crippen LogP contribution in [0.15, 0.2) is 18.2 Å². The zero-order valence-corrected chi connectivity index (χ0v) is 10.8. The Balaban J connectivity index is 2.32. The summed E-state index contributed by atoms with van der Waals surface area (Å²) in [6.45, 7) is 8.32. The fourth-order valence-corrected chi connectivity index (χ4v) is 1.91. The number of nitrogens with zero attached hydrogens (tertiary/aromatic N) is 1. The van der Waals surface area contributed by atoms with E-state index in [0.29, 0.717) is 0 Å². The first-order valence-corrected chi connectivity index (χ1v) is 5.85. The summed E-state index contributed by atoms with van der Waals surface area (Å²) >= 11 is 0. The molecule has 2 rings (SSSR count). The third kappa shape index (κ3) is 2.47. The van der Waals surface area contributed by atoms with E-state index in [0.717, 1.165) is 17.2 Å². The summed E-state index contributed by atoms with van der Waals surface area (Å²) in [6.07, 6.45) is 4.16. The Bertz CT molecular complexity index is 523. The van der Waals surface area contributed by atoms with Crippen molar-refractivity contribution in [2.75, 3.05) is 0 Å². The first-order valence-electron chi connectivity index (χ1n) is 5.85. The molecule has 0 aliphatic rings. The maximum atomic E-state index is 4.44. The van der Waals surface area contributed by atoms with Crippen LogP contribution in [-0.4, -0.2) is 9.97 Å². The lowest BCUT2D eigenvalue weighted by Gasteiger charge is -2.03. The quantitative estimate of drug-likeness (QED) is 0.828. The van der Waals surface area contributed by atoms with E-state index in [4.69, 9.17) is 0 Å². The number of benzene rings is 1. The minimum absolute atomic E-state index is 0.919. The van der Waals surface area contributed by atoms with E-state index in [1.807, 2.05) is 19.9 Å². The van der Waals surface area contributed by atoms with Gasteiger partial charge in [0.15, 0.2) is 0 Å². The zero-order chi connectivity index (χ0) is 12.4. The molecule has 2 nitrogen and oxygen atoms in total. The number of hydrogen-bond acceptors (Lipinski definition) is 1. The molecule has 0 bridgehead atoms. The Morgan fingerprint density at radius 1 is 1.00 bits per heavy atom. The van der Waals surface area contributed by atoms with Crippen molar-refractivity contribution in [3.63, 3.8) is 0 Å². The lowest BCUT2D eigenvalue weighted by atomic mass is 10.0. The lowest BCUT2D eigenvalue weighted by Crippen LogP contribution is -1.85. The average molecular weight is 226 g/mol. The molecule has 0 radical (unpaired) electrons. The van der Waals surface area contributed by atoms with Crippen molar-refractivity contribution in [2.45, 2.75) is 27.7 Å². The predicted molar refractivity (Wildman–Crippen MR) is 72.9 cm³/mol. The lowest BCUT2D eigenvalue weighted by molar-refractivity contribution is 1.22. The van der Waals surface area contributed by atoms with Gasteiger partial charge in [-0.2, -0.15) is 0 Å². The Morgan fingerprint density at radius 3 is 2.18 bits per heavy atom. The first kappa shape index (κ1) is 11.6. The van der Waals surface area contributed by atoms with Gasteiger partial charge in [0.2, 0.25) is 0 Å². The van der Waals surface area contributed by atoms with Crippen LogP contribution in [0.3, 0.4) is 0 Å². The number of aromatic amines is 1. The molecule has 0 saturated heterocycles. The van der Waals surface area contributed by atoms with Gasteiger partial charge in [0.1, 0.15) is 5.82 Å².